The minimum Gasteiger partial charge on any atom is -0.465 e. The summed E-state index contributed by atoms with van der Waals surface area (Å²) in [7, 11) is 0. The number of carbonyl (C=O) groups is 2. The van der Waals surface area contributed by atoms with Crippen molar-refractivity contribution in [2.75, 3.05) is 0 Å². The minimum absolute atomic E-state index is 0.0471. The van der Waals surface area contributed by atoms with E-state index in [0.29, 0.717) is 27.9 Å². The van der Waals surface area contributed by atoms with Gasteiger partial charge in [0, 0.05) is 17.0 Å². The van der Waals surface area contributed by atoms with Crippen LogP contribution in [0.1, 0.15) is 16.1 Å². The average Bonchev–Trinajstić information content (AvgIpc) is 3.35. The molecule has 0 saturated heterocycles. The molecule has 7 nitrogen and oxygen atoms in total. The zero-order chi connectivity index (χ0) is 22.3. The lowest BCUT2D eigenvalue weighted by molar-refractivity contribution is -0.115. The number of thiocarbonyl (C=S) groups is 1. The number of hydrogen-bond acceptors (Lipinski definition) is 5. The van der Waals surface area contributed by atoms with Crippen LogP contribution in [0.5, 0.6) is 0 Å². The Morgan fingerprint density at radius 1 is 0.938 bits per heavy atom. The summed E-state index contributed by atoms with van der Waals surface area (Å²) >= 11 is 5.08. The van der Waals surface area contributed by atoms with Gasteiger partial charge in [-0.15, -0.1) is 0 Å². The van der Waals surface area contributed by atoms with Crippen LogP contribution < -0.4 is 16.2 Å². The zero-order valence-electron chi connectivity index (χ0n) is 16.7. The number of pyridine rings is 1. The smallest absolute Gasteiger partial charge is 0.270 e. The lowest BCUT2D eigenvalue weighted by Gasteiger charge is -2.12. The van der Waals surface area contributed by atoms with Crippen molar-refractivity contribution in [1.29, 1.82) is 0 Å². The van der Waals surface area contributed by atoms with Crippen molar-refractivity contribution in [3.8, 4) is 11.3 Å². The molecule has 8 heteroatoms. The number of nitrogens with zero attached hydrogens (tertiary/aromatic N) is 1. The Morgan fingerprint density at radius 2 is 1.72 bits per heavy atom. The SMILES string of the molecule is O=C(/C=C\c1ccco1)NC(=S)NNC(=O)c1cc(-c2ccccc2)nc2ccccc12. The highest BCUT2D eigenvalue weighted by Crippen LogP contribution is 2.24. The Kier molecular flexibility index (Phi) is 6.33. The number of furan rings is 1. The van der Waals surface area contributed by atoms with Gasteiger partial charge in [-0.1, -0.05) is 48.5 Å². The van der Waals surface area contributed by atoms with Crippen LogP contribution in [0.2, 0.25) is 0 Å². The highest BCUT2D eigenvalue weighted by Gasteiger charge is 2.14. The van der Waals surface area contributed by atoms with Gasteiger partial charge in [0.15, 0.2) is 5.11 Å². The maximum absolute atomic E-state index is 12.9. The molecule has 0 bridgehead atoms. The molecule has 2 heterocycles. The fraction of sp³-hybridized carbons (Fsp3) is 0. The zero-order valence-corrected chi connectivity index (χ0v) is 17.6. The van der Waals surface area contributed by atoms with Crippen molar-refractivity contribution in [3.63, 3.8) is 0 Å². The fourth-order valence-electron chi connectivity index (χ4n) is 3.03. The second-order valence-corrected chi connectivity index (χ2v) is 7.09. The maximum atomic E-state index is 12.9. The van der Waals surface area contributed by atoms with Crippen molar-refractivity contribution in [1.82, 2.24) is 21.2 Å². The molecule has 32 heavy (non-hydrogen) atoms. The van der Waals surface area contributed by atoms with Crippen molar-refractivity contribution >= 4 is 46.1 Å². The number of amides is 2. The molecule has 4 rings (SSSR count). The monoisotopic (exact) mass is 442 g/mol. The molecule has 2 aromatic heterocycles. The van der Waals surface area contributed by atoms with Crippen LogP contribution in [0, 0.1) is 0 Å². The van der Waals surface area contributed by atoms with Crippen LogP contribution in [-0.4, -0.2) is 21.9 Å². The van der Waals surface area contributed by atoms with Gasteiger partial charge in [-0.2, -0.15) is 0 Å². The number of hydrazine groups is 1. The Balaban J connectivity index is 1.46. The van der Waals surface area contributed by atoms with E-state index < -0.39 is 11.8 Å². The molecule has 2 aromatic carbocycles. The molecular weight excluding hydrogens is 424 g/mol. The lowest BCUT2D eigenvalue weighted by atomic mass is 10.0. The van der Waals surface area contributed by atoms with E-state index in [1.165, 1.54) is 18.4 Å². The predicted molar refractivity (Wildman–Crippen MR) is 126 cm³/mol. The van der Waals surface area contributed by atoms with E-state index in [-0.39, 0.29) is 5.11 Å². The first kappa shape index (κ1) is 21.0. The van der Waals surface area contributed by atoms with E-state index >= 15 is 0 Å². The van der Waals surface area contributed by atoms with Gasteiger partial charge in [0.25, 0.3) is 5.91 Å². The molecule has 0 fully saturated rings. The summed E-state index contributed by atoms with van der Waals surface area (Å²) in [5.74, 6) is -0.344. The first-order valence-corrected chi connectivity index (χ1v) is 10.1. The average molecular weight is 443 g/mol. The van der Waals surface area contributed by atoms with Crippen molar-refractivity contribution < 1.29 is 14.0 Å². The van der Waals surface area contributed by atoms with E-state index in [0.717, 1.165) is 5.56 Å². The molecular formula is C24H18N4O3S. The van der Waals surface area contributed by atoms with Crippen LogP contribution in [0.15, 0.2) is 89.6 Å². The standard InChI is InChI=1S/C24H18N4O3S/c29-22(13-12-17-9-6-14-31-17)26-24(32)28-27-23(30)19-15-21(16-7-2-1-3-8-16)25-20-11-5-4-10-18(19)20/h1-15H,(H,27,30)(H2,26,28,29,32)/b13-12-. The number of carbonyl (C=O) groups excluding carboxylic acids is 2. The molecule has 0 aliphatic heterocycles. The molecule has 158 valence electrons. The molecule has 2 amide bonds. The number of rotatable bonds is 4. The third-order valence-electron chi connectivity index (χ3n) is 4.50. The summed E-state index contributed by atoms with van der Waals surface area (Å²) in [5.41, 5.74) is 7.77. The number of para-hydroxylation sites is 1. The number of nitrogens with one attached hydrogen (secondary N) is 3. The molecule has 0 aliphatic rings. The number of fused-ring (bicyclic) bond motifs is 1. The Morgan fingerprint density at radius 3 is 2.50 bits per heavy atom. The summed E-state index contributed by atoms with van der Waals surface area (Å²) in [6.45, 7) is 0. The van der Waals surface area contributed by atoms with Gasteiger partial charge in [-0.3, -0.25) is 25.8 Å². The predicted octanol–water partition coefficient (Wildman–Crippen LogP) is 3.84. The van der Waals surface area contributed by atoms with E-state index in [1.807, 2.05) is 54.6 Å². The fourth-order valence-corrected chi connectivity index (χ4v) is 3.18. The second-order valence-electron chi connectivity index (χ2n) is 6.68. The normalized spacial score (nSPS) is 10.8. The van der Waals surface area contributed by atoms with E-state index in [1.54, 1.807) is 18.2 Å². The highest BCUT2D eigenvalue weighted by molar-refractivity contribution is 7.80. The summed E-state index contributed by atoms with van der Waals surface area (Å²) in [6, 6.07) is 22.1. The largest absolute Gasteiger partial charge is 0.465 e. The number of aromatic nitrogens is 1. The lowest BCUT2D eigenvalue weighted by Crippen LogP contribution is -2.48. The van der Waals surface area contributed by atoms with Crippen LogP contribution in [0.3, 0.4) is 0 Å². The first-order valence-electron chi connectivity index (χ1n) is 9.68. The third-order valence-corrected chi connectivity index (χ3v) is 4.70. The Labute approximate surface area is 189 Å². The topological polar surface area (TPSA) is 96.3 Å². The van der Waals surface area contributed by atoms with Crippen LogP contribution in [0.25, 0.3) is 28.2 Å². The molecule has 0 atom stereocenters. The van der Waals surface area contributed by atoms with Crippen molar-refractivity contribution in [2.24, 2.45) is 0 Å². The van der Waals surface area contributed by atoms with Crippen molar-refractivity contribution in [3.05, 3.63) is 96.5 Å². The maximum Gasteiger partial charge on any atom is 0.270 e. The van der Waals surface area contributed by atoms with Crippen LogP contribution in [-0.2, 0) is 4.79 Å². The molecule has 3 N–H and O–H groups in total. The van der Waals surface area contributed by atoms with E-state index in [2.05, 4.69) is 21.2 Å². The highest BCUT2D eigenvalue weighted by atomic mass is 32.1. The van der Waals surface area contributed by atoms with Gasteiger partial charge >= 0.3 is 0 Å². The molecule has 0 saturated carbocycles. The van der Waals surface area contributed by atoms with Crippen LogP contribution >= 0.6 is 12.2 Å². The number of hydrogen-bond donors (Lipinski definition) is 3. The van der Waals surface area contributed by atoms with E-state index in [9.17, 15) is 9.59 Å². The van der Waals surface area contributed by atoms with Crippen molar-refractivity contribution in [2.45, 2.75) is 0 Å². The van der Waals surface area contributed by atoms with Gasteiger partial charge in [0.2, 0.25) is 5.91 Å². The molecule has 4 aromatic rings. The summed E-state index contributed by atoms with van der Waals surface area (Å²) < 4.78 is 5.12. The van der Waals surface area contributed by atoms with Gasteiger partial charge in [0.05, 0.1) is 23.0 Å². The van der Waals surface area contributed by atoms with Gasteiger partial charge < -0.3 is 4.42 Å². The third kappa shape index (κ3) is 5.05. The van der Waals surface area contributed by atoms with E-state index in [4.69, 9.17) is 16.6 Å². The Bertz CT molecular complexity index is 1300. The van der Waals surface area contributed by atoms with Crippen LogP contribution in [0.4, 0.5) is 0 Å². The molecule has 0 aliphatic carbocycles. The minimum atomic E-state index is -0.464. The second kappa shape index (κ2) is 9.67. The molecule has 0 unspecified atom stereocenters. The summed E-state index contributed by atoms with van der Waals surface area (Å²) in [4.78, 5) is 29.5. The molecule has 0 radical (unpaired) electrons. The Hall–Kier alpha value is -4.30. The molecule has 0 spiro atoms. The number of benzene rings is 2. The van der Waals surface area contributed by atoms with Gasteiger partial charge in [-0.05, 0) is 42.6 Å². The first-order chi connectivity index (χ1) is 15.6. The quantitative estimate of drug-likeness (QED) is 0.252. The van der Waals surface area contributed by atoms with Gasteiger partial charge in [0.1, 0.15) is 5.76 Å². The summed E-state index contributed by atoms with van der Waals surface area (Å²) in [5, 5.41) is 3.10. The van der Waals surface area contributed by atoms with Gasteiger partial charge in [-0.25, -0.2) is 4.98 Å². The summed E-state index contributed by atoms with van der Waals surface area (Å²) in [6.07, 6.45) is 4.28.